The zero-order valence-corrected chi connectivity index (χ0v) is 25.8. The van der Waals surface area contributed by atoms with Crippen molar-refractivity contribution >= 4 is 11.8 Å². The van der Waals surface area contributed by atoms with Crippen LogP contribution in [0.5, 0.6) is 11.5 Å². The summed E-state index contributed by atoms with van der Waals surface area (Å²) in [5.41, 5.74) is 4.32. The Labute approximate surface area is 260 Å². The molecule has 44 heavy (non-hydrogen) atoms. The number of carbonyl (C=O) groups excluding carboxylic acids is 2. The first-order chi connectivity index (χ1) is 21.2. The SMILES string of the molecule is CC1(C)C[C@H](NC(=O)COc2ccc(-c3ccccc3)cc2)C[C@@](C)(CNC(=O)COc2ccc(-c3ccccc3)cc2)C1. The molecular formula is C38H42N2O4. The van der Waals surface area contributed by atoms with Gasteiger partial charge in [0.1, 0.15) is 11.5 Å². The normalized spacial score (nSPS) is 19.0. The summed E-state index contributed by atoms with van der Waals surface area (Å²) < 4.78 is 11.5. The number of hydrogen-bond acceptors (Lipinski definition) is 4. The van der Waals surface area contributed by atoms with Crippen molar-refractivity contribution in [2.24, 2.45) is 10.8 Å². The van der Waals surface area contributed by atoms with Crippen molar-refractivity contribution in [3.8, 4) is 33.8 Å². The van der Waals surface area contributed by atoms with Crippen molar-refractivity contribution in [2.75, 3.05) is 19.8 Å². The van der Waals surface area contributed by atoms with Crippen molar-refractivity contribution < 1.29 is 19.1 Å². The molecule has 1 aliphatic rings. The molecule has 6 nitrogen and oxygen atoms in total. The van der Waals surface area contributed by atoms with Crippen LogP contribution in [-0.4, -0.2) is 37.6 Å². The summed E-state index contributed by atoms with van der Waals surface area (Å²) >= 11 is 0. The minimum atomic E-state index is -0.166. The van der Waals surface area contributed by atoms with Crippen molar-refractivity contribution in [3.05, 3.63) is 109 Å². The van der Waals surface area contributed by atoms with E-state index < -0.39 is 0 Å². The first-order valence-corrected chi connectivity index (χ1v) is 15.3. The van der Waals surface area contributed by atoms with Gasteiger partial charge in [0.05, 0.1) is 0 Å². The van der Waals surface area contributed by atoms with Crippen LogP contribution in [0.25, 0.3) is 22.3 Å². The summed E-state index contributed by atoms with van der Waals surface area (Å²) in [5.74, 6) is 1.01. The van der Waals surface area contributed by atoms with Crippen molar-refractivity contribution in [3.63, 3.8) is 0 Å². The van der Waals surface area contributed by atoms with E-state index in [-0.39, 0.29) is 41.9 Å². The zero-order valence-electron chi connectivity index (χ0n) is 25.8. The van der Waals surface area contributed by atoms with Gasteiger partial charge in [0, 0.05) is 12.6 Å². The Hall–Kier alpha value is -4.58. The lowest BCUT2D eigenvalue weighted by atomic mass is 9.62. The van der Waals surface area contributed by atoms with Gasteiger partial charge < -0.3 is 20.1 Å². The van der Waals surface area contributed by atoms with Crippen molar-refractivity contribution in [1.29, 1.82) is 0 Å². The summed E-state index contributed by atoms with van der Waals surface area (Å²) in [4.78, 5) is 25.6. The van der Waals surface area contributed by atoms with Gasteiger partial charge in [-0.2, -0.15) is 0 Å². The molecule has 0 spiro atoms. The van der Waals surface area contributed by atoms with Crippen LogP contribution in [0.4, 0.5) is 0 Å². The van der Waals surface area contributed by atoms with Gasteiger partial charge in [-0.15, -0.1) is 0 Å². The third-order valence-corrected chi connectivity index (χ3v) is 8.18. The summed E-state index contributed by atoms with van der Waals surface area (Å²) in [5, 5.41) is 6.26. The van der Waals surface area contributed by atoms with E-state index in [2.05, 4.69) is 55.7 Å². The first kappa shape index (κ1) is 30.9. The molecule has 2 amide bonds. The number of nitrogens with one attached hydrogen (secondary N) is 2. The van der Waals surface area contributed by atoms with Crippen LogP contribution in [-0.2, 0) is 9.59 Å². The van der Waals surface area contributed by atoms with E-state index in [0.717, 1.165) is 41.5 Å². The van der Waals surface area contributed by atoms with Crippen LogP contribution in [0.1, 0.15) is 40.0 Å². The summed E-state index contributed by atoms with van der Waals surface area (Å²) in [6.07, 6.45) is 2.59. The molecule has 1 saturated carbocycles. The molecule has 1 aliphatic carbocycles. The molecule has 0 aliphatic heterocycles. The second-order valence-corrected chi connectivity index (χ2v) is 13.0. The maximum absolute atomic E-state index is 12.9. The number of ether oxygens (including phenoxy) is 2. The van der Waals surface area contributed by atoms with E-state index in [4.69, 9.17) is 9.47 Å². The molecule has 0 saturated heterocycles. The predicted molar refractivity (Wildman–Crippen MR) is 175 cm³/mol. The minimum Gasteiger partial charge on any atom is -0.484 e. The van der Waals surface area contributed by atoms with Gasteiger partial charge in [0.25, 0.3) is 11.8 Å². The summed E-state index contributed by atoms with van der Waals surface area (Å²) in [7, 11) is 0. The van der Waals surface area contributed by atoms with Gasteiger partial charge in [-0.05, 0) is 76.6 Å². The highest BCUT2D eigenvalue weighted by atomic mass is 16.5. The molecule has 0 radical (unpaired) electrons. The van der Waals surface area contributed by atoms with Crippen LogP contribution in [0.3, 0.4) is 0 Å². The maximum Gasteiger partial charge on any atom is 0.258 e. The highest BCUT2D eigenvalue weighted by molar-refractivity contribution is 5.78. The molecule has 0 bridgehead atoms. The fourth-order valence-corrected chi connectivity index (χ4v) is 6.55. The Balaban J connectivity index is 1.07. The van der Waals surface area contributed by atoms with Gasteiger partial charge in [-0.25, -0.2) is 0 Å². The van der Waals surface area contributed by atoms with E-state index in [1.165, 1.54) is 0 Å². The molecule has 2 N–H and O–H groups in total. The Morgan fingerprint density at radius 1 is 0.636 bits per heavy atom. The van der Waals surface area contributed by atoms with Crippen LogP contribution < -0.4 is 20.1 Å². The molecule has 4 aromatic carbocycles. The van der Waals surface area contributed by atoms with E-state index in [1.54, 1.807) is 0 Å². The molecule has 1 fully saturated rings. The maximum atomic E-state index is 12.9. The van der Waals surface area contributed by atoms with E-state index in [1.807, 2.05) is 84.9 Å². The number of carbonyl (C=O) groups is 2. The number of benzene rings is 4. The quantitative estimate of drug-likeness (QED) is 0.192. The van der Waals surface area contributed by atoms with Crippen LogP contribution in [0.2, 0.25) is 0 Å². The topological polar surface area (TPSA) is 76.7 Å². The lowest BCUT2D eigenvalue weighted by molar-refractivity contribution is -0.126. The smallest absolute Gasteiger partial charge is 0.258 e. The molecule has 0 unspecified atom stereocenters. The molecule has 6 heteroatoms. The highest BCUT2D eigenvalue weighted by Gasteiger charge is 2.41. The molecule has 2 atom stereocenters. The first-order valence-electron chi connectivity index (χ1n) is 15.3. The standard InChI is InChI=1S/C38H42N2O4/c1-37(2)22-32(40-36(42)25-44-34-20-16-31(17-21-34)29-12-8-5-9-13-29)23-38(3,26-37)27-39-35(41)24-43-33-18-14-30(15-19-33)28-10-6-4-7-11-28/h4-21,32H,22-27H2,1-3H3,(H,39,41)(H,40,42)/t32-,38+/m0/s1. The van der Waals surface area contributed by atoms with E-state index in [0.29, 0.717) is 18.0 Å². The van der Waals surface area contributed by atoms with Gasteiger partial charge in [-0.1, -0.05) is 106 Å². The monoisotopic (exact) mass is 590 g/mol. The summed E-state index contributed by atoms with van der Waals surface area (Å²) in [6, 6.07) is 35.8. The third-order valence-electron chi connectivity index (χ3n) is 8.18. The Morgan fingerprint density at radius 3 is 1.59 bits per heavy atom. The Bertz CT molecular complexity index is 1520. The second kappa shape index (κ2) is 13.8. The van der Waals surface area contributed by atoms with Crippen LogP contribution in [0, 0.1) is 10.8 Å². The fourth-order valence-electron chi connectivity index (χ4n) is 6.55. The van der Waals surface area contributed by atoms with Gasteiger partial charge in [0.2, 0.25) is 0 Å². The molecule has 0 aromatic heterocycles. The fraction of sp³-hybridized carbons (Fsp3) is 0.316. The van der Waals surface area contributed by atoms with Crippen LogP contribution in [0.15, 0.2) is 109 Å². The molecule has 228 valence electrons. The molecule has 0 heterocycles. The Kier molecular flexibility index (Phi) is 9.69. The van der Waals surface area contributed by atoms with Crippen LogP contribution >= 0.6 is 0 Å². The van der Waals surface area contributed by atoms with Crippen molar-refractivity contribution in [1.82, 2.24) is 10.6 Å². The van der Waals surface area contributed by atoms with Gasteiger partial charge in [-0.3, -0.25) is 9.59 Å². The predicted octanol–water partition coefficient (Wildman–Crippen LogP) is 7.30. The molecular weight excluding hydrogens is 548 g/mol. The van der Waals surface area contributed by atoms with Gasteiger partial charge in [0.15, 0.2) is 13.2 Å². The lowest BCUT2D eigenvalue weighted by Crippen LogP contribution is -2.51. The summed E-state index contributed by atoms with van der Waals surface area (Å²) in [6.45, 7) is 7.05. The van der Waals surface area contributed by atoms with Gasteiger partial charge >= 0.3 is 0 Å². The number of amides is 2. The van der Waals surface area contributed by atoms with Crippen molar-refractivity contribution in [2.45, 2.75) is 46.1 Å². The van der Waals surface area contributed by atoms with E-state index >= 15 is 0 Å². The average molecular weight is 591 g/mol. The zero-order chi connectivity index (χ0) is 31.0. The lowest BCUT2D eigenvalue weighted by Gasteiger charge is -2.47. The second-order valence-electron chi connectivity index (χ2n) is 13.0. The molecule has 5 rings (SSSR count). The molecule has 4 aromatic rings. The Morgan fingerprint density at radius 2 is 1.09 bits per heavy atom. The number of hydrogen-bond donors (Lipinski definition) is 2. The highest BCUT2D eigenvalue weighted by Crippen LogP contribution is 2.45. The minimum absolute atomic E-state index is 0.00316. The average Bonchev–Trinajstić information content (AvgIpc) is 3.02. The largest absolute Gasteiger partial charge is 0.484 e. The third kappa shape index (κ3) is 8.73. The van der Waals surface area contributed by atoms with E-state index in [9.17, 15) is 9.59 Å². The number of rotatable bonds is 11.